The van der Waals surface area contributed by atoms with Crippen LogP contribution in [0.1, 0.15) is 17.7 Å². The monoisotopic (exact) mass is 257 g/mol. The lowest BCUT2D eigenvalue weighted by Crippen LogP contribution is -2.25. The minimum Gasteiger partial charge on any atom is -0.481 e. The molecule has 3 N–H and O–H groups in total. The molecule has 0 amide bonds. The van der Waals surface area contributed by atoms with Gasteiger partial charge in [0.25, 0.3) is 0 Å². The predicted molar refractivity (Wildman–Crippen MR) is 73.2 cm³/mol. The van der Waals surface area contributed by atoms with Crippen LogP contribution < -0.4 is 5.73 Å². The van der Waals surface area contributed by atoms with Gasteiger partial charge in [0.1, 0.15) is 5.76 Å². The number of carboxylic acids is 1. The summed E-state index contributed by atoms with van der Waals surface area (Å²) in [5, 5.41) is 8.88. The minimum atomic E-state index is -0.922. The summed E-state index contributed by atoms with van der Waals surface area (Å²) in [6.45, 7) is 0. The number of aliphatic carboxylic acids is 1. The highest BCUT2D eigenvalue weighted by Crippen LogP contribution is 2.22. The number of rotatable bonds is 5. The highest BCUT2D eigenvalue weighted by molar-refractivity contribution is 5.85. The maximum Gasteiger partial charge on any atom is 0.305 e. The van der Waals surface area contributed by atoms with Crippen molar-refractivity contribution >= 4 is 17.6 Å². The van der Waals surface area contributed by atoms with Crippen molar-refractivity contribution in [3.8, 4) is 0 Å². The molecule has 1 atom stereocenters. The first-order chi connectivity index (χ1) is 9.16. The molecule has 0 bridgehead atoms. The molecule has 4 heteroatoms. The molecule has 98 valence electrons. The van der Waals surface area contributed by atoms with Crippen LogP contribution in [-0.4, -0.2) is 17.1 Å². The molecule has 0 aliphatic rings. The van der Waals surface area contributed by atoms with Gasteiger partial charge in [-0.15, -0.1) is 0 Å². The molecule has 1 aromatic heterocycles. The maximum atomic E-state index is 10.8. The van der Waals surface area contributed by atoms with Crippen molar-refractivity contribution < 1.29 is 14.3 Å². The molecule has 0 aliphatic heterocycles. The van der Waals surface area contributed by atoms with E-state index < -0.39 is 12.0 Å². The van der Waals surface area contributed by atoms with E-state index in [9.17, 15) is 4.79 Å². The van der Waals surface area contributed by atoms with Crippen molar-refractivity contribution in [1.82, 2.24) is 0 Å². The van der Waals surface area contributed by atoms with E-state index in [2.05, 4.69) is 0 Å². The van der Waals surface area contributed by atoms with Gasteiger partial charge in [-0.05, 0) is 29.3 Å². The average Bonchev–Trinajstić information content (AvgIpc) is 2.89. The molecule has 19 heavy (non-hydrogen) atoms. The van der Waals surface area contributed by atoms with Crippen molar-refractivity contribution in [3.63, 3.8) is 0 Å². The average molecular weight is 257 g/mol. The Bertz CT molecular complexity index is 558. The summed E-state index contributed by atoms with van der Waals surface area (Å²) >= 11 is 0. The number of benzene rings is 1. The van der Waals surface area contributed by atoms with Crippen LogP contribution in [0, 0.1) is 0 Å². The SMILES string of the molecule is NC(CC(=O)O)/C(=C\c1ccco1)c1ccccc1. The molecule has 2 rings (SSSR count). The molecule has 0 saturated heterocycles. The molecule has 0 spiro atoms. The predicted octanol–water partition coefficient (Wildman–Crippen LogP) is 2.62. The Morgan fingerprint density at radius 3 is 2.58 bits per heavy atom. The van der Waals surface area contributed by atoms with E-state index in [4.69, 9.17) is 15.3 Å². The van der Waals surface area contributed by atoms with E-state index >= 15 is 0 Å². The molecule has 1 aromatic carbocycles. The first-order valence-electron chi connectivity index (χ1n) is 5.94. The fraction of sp³-hybridized carbons (Fsp3) is 0.133. The van der Waals surface area contributed by atoms with Crippen molar-refractivity contribution in [3.05, 3.63) is 60.1 Å². The Kier molecular flexibility index (Phi) is 4.15. The number of nitrogens with two attached hydrogens (primary N) is 1. The van der Waals surface area contributed by atoms with Gasteiger partial charge >= 0.3 is 5.97 Å². The summed E-state index contributed by atoms with van der Waals surface area (Å²) < 4.78 is 5.26. The highest BCUT2D eigenvalue weighted by atomic mass is 16.4. The molecule has 0 aliphatic carbocycles. The highest BCUT2D eigenvalue weighted by Gasteiger charge is 2.15. The fourth-order valence-electron chi connectivity index (χ4n) is 1.86. The summed E-state index contributed by atoms with van der Waals surface area (Å²) in [7, 11) is 0. The van der Waals surface area contributed by atoms with E-state index in [1.54, 1.807) is 24.5 Å². The number of carboxylic acid groups (broad SMARTS) is 1. The van der Waals surface area contributed by atoms with E-state index in [1.165, 1.54) is 0 Å². The molecule has 2 aromatic rings. The third-order valence-corrected chi connectivity index (χ3v) is 2.74. The zero-order chi connectivity index (χ0) is 13.7. The van der Waals surface area contributed by atoms with E-state index in [0.717, 1.165) is 11.1 Å². The van der Waals surface area contributed by atoms with Crippen LogP contribution >= 0.6 is 0 Å². The molecule has 4 nitrogen and oxygen atoms in total. The molecule has 1 heterocycles. The Balaban J connectivity index is 2.36. The molecule has 0 radical (unpaired) electrons. The van der Waals surface area contributed by atoms with Gasteiger partial charge in [-0.2, -0.15) is 0 Å². The van der Waals surface area contributed by atoms with Crippen LogP contribution in [0.15, 0.2) is 53.1 Å². The lowest BCUT2D eigenvalue weighted by atomic mass is 9.96. The van der Waals surface area contributed by atoms with Crippen molar-refractivity contribution in [2.24, 2.45) is 5.73 Å². The zero-order valence-corrected chi connectivity index (χ0v) is 10.3. The largest absolute Gasteiger partial charge is 0.481 e. The summed E-state index contributed by atoms with van der Waals surface area (Å²) in [5.74, 6) is -0.270. The number of furan rings is 1. The Morgan fingerprint density at radius 1 is 1.26 bits per heavy atom. The van der Waals surface area contributed by atoms with E-state index in [0.29, 0.717) is 5.76 Å². The smallest absolute Gasteiger partial charge is 0.305 e. The summed E-state index contributed by atoms with van der Waals surface area (Å²) in [5.41, 5.74) is 7.62. The molecular formula is C15H15NO3. The normalized spacial score (nSPS) is 13.2. The van der Waals surface area contributed by atoms with Gasteiger partial charge in [0.05, 0.1) is 12.7 Å². The topological polar surface area (TPSA) is 76.5 Å². The fourth-order valence-corrected chi connectivity index (χ4v) is 1.86. The minimum absolute atomic E-state index is 0.124. The summed E-state index contributed by atoms with van der Waals surface area (Å²) in [6, 6.07) is 12.5. The van der Waals surface area contributed by atoms with Gasteiger partial charge in [-0.1, -0.05) is 30.3 Å². The molecule has 0 saturated carbocycles. The van der Waals surface area contributed by atoms with Crippen LogP contribution in [-0.2, 0) is 4.79 Å². The second-order valence-corrected chi connectivity index (χ2v) is 4.19. The maximum absolute atomic E-state index is 10.8. The molecule has 1 unspecified atom stereocenters. The quantitative estimate of drug-likeness (QED) is 0.863. The number of carbonyl (C=O) groups is 1. The lowest BCUT2D eigenvalue weighted by molar-refractivity contribution is -0.137. The van der Waals surface area contributed by atoms with Crippen LogP contribution in [0.5, 0.6) is 0 Å². The second kappa shape index (κ2) is 6.02. The van der Waals surface area contributed by atoms with Gasteiger partial charge in [-0.25, -0.2) is 0 Å². The Labute approximate surface area is 111 Å². The zero-order valence-electron chi connectivity index (χ0n) is 10.3. The first-order valence-corrected chi connectivity index (χ1v) is 5.94. The number of hydrogen-bond acceptors (Lipinski definition) is 3. The lowest BCUT2D eigenvalue weighted by Gasteiger charge is -2.14. The van der Waals surface area contributed by atoms with Gasteiger partial charge < -0.3 is 15.3 Å². The van der Waals surface area contributed by atoms with Crippen LogP contribution in [0.3, 0.4) is 0 Å². The van der Waals surface area contributed by atoms with Crippen LogP contribution in [0.4, 0.5) is 0 Å². The van der Waals surface area contributed by atoms with Gasteiger partial charge in [0.15, 0.2) is 0 Å². The first kappa shape index (κ1) is 13.1. The molecular weight excluding hydrogens is 242 g/mol. The van der Waals surface area contributed by atoms with Crippen molar-refractivity contribution in [1.29, 1.82) is 0 Å². The Morgan fingerprint density at radius 2 is 2.00 bits per heavy atom. The summed E-state index contributed by atoms with van der Waals surface area (Å²) in [6.07, 6.45) is 3.22. The van der Waals surface area contributed by atoms with Gasteiger partial charge in [0.2, 0.25) is 0 Å². The van der Waals surface area contributed by atoms with Crippen LogP contribution in [0.2, 0.25) is 0 Å². The second-order valence-electron chi connectivity index (χ2n) is 4.19. The summed E-state index contributed by atoms with van der Waals surface area (Å²) in [4.78, 5) is 10.8. The van der Waals surface area contributed by atoms with Crippen molar-refractivity contribution in [2.45, 2.75) is 12.5 Å². The van der Waals surface area contributed by atoms with Gasteiger partial charge in [-0.3, -0.25) is 4.79 Å². The third kappa shape index (κ3) is 3.56. The van der Waals surface area contributed by atoms with E-state index in [1.807, 2.05) is 30.3 Å². The molecule has 0 fully saturated rings. The third-order valence-electron chi connectivity index (χ3n) is 2.74. The van der Waals surface area contributed by atoms with Gasteiger partial charge in [0, 0.05) is 6.04 Å². The Hall–Kier alpha value is -2.33. The standard InChI is InChI=1S/C15H15NO3/c16-14(10-15(17)18)13(9-12-7-4-8-19-12)11-5-2-1-3-6-11/h1-9,14H,10,16H2,(H,17,18)/b13-9-. The van der Waals surface area contributed by atoms with E-state index in [-0.39, 0.29) is 6.42 Å². The van der Waals surface area contributed by atoms with Crippen molar-refractivity contribution in [2.75, 3.05) is 0 Å². The number of hydrogen-bond donors (Lipinski definition) is 2. The van der Waals surface area contributed by atoms with Crippen LogP contribution in [0.25, 0.3) is 11.6 Å².